The van der Waals surface area contributed by atoms with E-state index in [1.807, 2.05) is 0 Å². The van der Waals surface area contributed by atoms with E-state index in [-0.39, 0.29) is 0 Å². The minimum atomic E-state index is 0.941. The Balaban J connectivity index is 2.20. The van der Waals surface area contributed by atoms with E-state index in [4.69, 9.17) is 0 Å². The van der Waals surface area contributed by atoms with Gasteiger partial charge in [0.1, 0.15) is 0 Å². The molecule has 0 amide bonds. The van der Waals surface area contributed by atoms with E-state index in [1.165, 1.54) is 0 Å². The summed E-state index contributed by atoms with van der Waals surface area (Å²) in [5, 5.41) is 9.47. The molecule has 1 aliphatic rings. The Labute approximate surface area is 55.5 Å². The van der Waals surface area contributed by atoms with Gasteiger partial charge in [0.15, 0.2) is 0 Å². The van der Waals surface area contributed by atoms with E-state index in [0.717, 1.165) is 32.0 Å². The lowest BCUT2D eigenvalue weighted by molar-refractivity contribution is 0.567. The fourth-order valence-corrected chi connectivity index (χ4v) is 0.791. The summed E-state index contributed by atoms with van der Waals surface area (Å²) in [6.45, 7) is 7.75. The van der Waals surface area contributed by atoms with Crippen LogP contribution in [0.3, 0.4) is 0 Å². The van der Waals surface area contributed by atoms with Crippen molar-refractivity contribution in [2.24, 2.45) is 0 Å². The topological polar surface area (TPSA) is 36.1 Å². The summed E-state index contributed by atoms with van der Waals surface area (Å²) < 4.78 is 0. The summed E-state index contributed by atoms with van der Waals surface area (Å²) >= 11 is 0. The second-order valence-corrected chi connectivity index (χ2v) is 2.08. The fraction of sp³-hybridized carbons (Fsp3) is 0.667. The number of hydrogen-bond donors (Lipinski definition) is 3. The predicted molar refractivity (Wildman–Crippen MR) is 38.0 cm³/mol. The Kier molecular flexibility index (Phi) is 2.39. The smallest absolute Gasteiger partial charge is 0.0913 e. The van der Waals surface area contributed by atoms with Gasteiger partial charge in [0.2, 0.25) is 0 Å². The first kappa shape index (κ1) is 6.42. The van der Waals surface area contributed by atoms with Gasteiger partial charge < -0.3 is 16.0 Å². The Hall–Kier alpha value is -0.700. The van der Waals surface area contributed by atoms with Gasteiger partial charge in [-0.3, -0.25) is 0 Å². The molecule has 0 aromatic rings. The van der Waals surface area contributed by atoms with Crippen molar-refractivity contribution in [1.82, 2.24) is 16.0 Å². The maximum Gasteiger partial charge on any atom is 0.0913 e. The van der Waals surface area contributed by atoms with Crippen molar-refractivity contribution < 1.29 is 0 Å². The van der Waals surface area contributed by atoms with Crippen LogP contribution in [0.15, 0.2) is 12.4 Å². The fourth-order valence-electron chi connectivity index (χ4n) is 0.791. The standard InChI is InChI=1S/C6H13N3/c1-6-8-4-2-7-3-5-9-6/h7-9H,1-5H2. The van der Waals surface area contributed by atoms with Crippen molar-refractivity contribution >= 4 is 0 Å². The average Bonchev–Trinajstić information content (AvgIpc) is 1.79. The summed E-state index contributed by atoms with van der Waals surface area (Å²) in [4.78, 5) is 0. The summed E-state index contributed by atoms with van der Waals surface area (Å²) in [5.41, 5.74) is 0. The predicted octanol–water partition coefficient (Wildman–Crippen LogP) is -0.760. The SMILES string of the molecule is C=C1NCCNCCN1. The zero-order valence-electron chi connectivity index (χ0n) is 5.54. The molecule has 52 valence electrons. The van der Waals surface area contributed by atoms with Gasteiger partial charge in [0, 0.05) is 26.2 Å². The van der Waals surface area contributed by atoms with Gasteiger partial charge in [0.05, 0.1) is 5.82 Å². The van der Waals surface area contributed by atoms with Gasteiger partial charge in [0.25, 0.3) is 0 Å². The van der Waals surface area contributed by atoms with E-state index in [1.54, 1.807) is 0 Å². The van der Waals surface area contributed by atoms with E-state index in [9.17, 15) is 0 Å². The zero-order chi connectivity index (χ0) is 6.53. The van der Waals surface area contributed by atoms with E-state index in [0.29, 0.717) is 0 Å². The van der Waals surface area contributed by atoms with Gasteiger partial charge in [-0.25, -0.2) is 0 Å². The third-order valence-corrected chi connectivity index (χ3v) is 1.28. The van der Waals surface area contributed by atoms with Crippen LogP contribution in [0.2, 0.25) is 0 Å². The van der Waals surface area contributed by atoms with Crippen molar-refractivity contribution in [3.05, 3.63) is 12.4 Å². The normalized spacial score (nSPS) is 21.1. The molecule has 1 fully saturated rings. The van der Waals surface area contributed by atoms with Crippen LogP contribution >= 0.6 is 0 Å². The molecule has 1 rings (SSSR count). The second-order valence-electron chi connectivity index (χ2n) is 2.08. The molecule has 0 unspecified atom stereocenters. The molecule has 0 aromatic heterocycles. The maximum atomic E-state index is 3.77. The molecule has 0 radical (unpaired) electrons. The van der Waals surface area contributed by atoms with Crippen molar-refractivity contribution in [1.29, 1.82) is 0 Å². The van der Waals surface area contributed by atoms with E-state index in [2.05, 4.69) is 22.5 Å². The molecule has 1 aliphatic heterocycles. The van der Waals surface area contributed by atoms with E-state index < -0.39 is 0 Å². The third-order valence-electron chi connectivity index (χ3n) is 1.28. The molecule has 0 bridgehead atoms. The molecule has 0 atom stereocenters. The number of rotatable bonds is 0. The quantitative estimate of drug-likeness (QED) is 0.400. The summed E-state index contributed by atoms with van der Waals surface area (Å²) in [6.07, 6.45) is 0. The highest BCUT2D eigenvalue weighted by Gasteiger charge is 1.94. The summed E-state index contributed by atoms with van der Waals surface area (Å²) in [6, 6.07) is 0. The van der Waals surface area contributed by atoms with Gasteiger partial charge in [-0.05, 0) is 0 Å². The van der Waals surface area contributed by atoms with Crippen LogP contribution in [0.5, 0.6) is 0 Å². The minimum Gasteiger partial charge on any atom is -0.371 e. The molecule has 3 nitrogen and oxygen atoms in total. The lowest BCUT2D eigenvalue weighted by atomic mass is 10.5. The Morgan fingerprint density at radius 3 is 2.11 bits per heavy atom. The third kappa shape index (κ3) is 2.37. The van der Waals surface area contributed by atoms with Crippen molar-refractivity contribution in [2.75, 3.05) is 26.2 Å². The highest BCUT2D eigenvalue weighted by molar-refractivity contribution is 4.88. The molecule has 0 spiro atoms. The Morgan fingerprint density at radius 1 is 1.00 bits per heavy atom. The van der Waals surface area contributed by atoms with Crippen LogP contribution in [0.4, 0.5) is 0 Å². The average molecular weight is 127 g/mol. The number of nitrogens with one attached hydrogen (secondary N) is 3. The van der Waals surface area contributed by atoms with Crippen LogP contribution < -0.4 is 16.0 Å². The molecule has 1 heterocycles. The summed E-state index contributed by atoms with van der Waals surface area (Å²) in [5.74, 6) is 0.941. The molecule has 0 aliphatic carbocycles. The van der Waals surface area contributed by atoms with Crippen LogP contribution in [-0.4, -0.2) is 26.2 Å². The first-order valence-electron chi connectivity index (χ1n) is 3.27. The van der Waals surface area contributed by atoms with Crippen LogP contribution in [-0.2, 0) is 0 Å². The van der Waals surface area contributed by atoms with Crippen molar-refractivity contribution in [3.63, 3.8) is 0 Å². The minimum absolute atomic E-state index is 0.941. The molecule has 0 aromatic carbocycles. The molecule has 9 heavy (non-hydrogen) atoms. The van der Waals surface area contributed by atoms with Gasteiger partial charge in [-0.15, -0.1) is 0 Å². The highest BCUT2D eigenvalue weighted by Crippen LogP contribution is 1.76. The van der Waals surface area contributed by atoms with E-state index >= 15 is 0 Å². The molecular weight excluding hydrogens is 114 g/mol. The molecule has 3 N–H and O–H groups in total. The first-order valence-corrected chi connectivity index (χ1v) is 3.27. The summed E-state index contributed by atoms with van der Waals surface area (Å²) in [7, 11) is 0. The monoisotopic (exact) mass is 127 g/mol. The lowest BCUT2D eigenvalue weighted by Gasteiger charge is -2.16. The second kappa shape index (κ2) is 3.35. The Morgan fingerprint density at radius 2 is 1.56 bits per heavy atom. The van der Waals surface area contributed by atoms with Crippen LogP contribution in [0.25, 0.3) is 0 Å². The first-order chi connectivity index (χ1) is 4.39. The highest BCUT2D eigenvalue weighted by atomic mass is 15.1. The van der Waals surface area contributed by atoms with Crippen LogP contribution in [0, 0.1) is 0 Å². The van der Waals surface area contributed by atoms with Gasteiger partial charge >= 0.3 is 0 Å². The molecule has 3 heteroatoms. The van der Waals surface area contributed by atoms with Crippen molar-refractivity contribution in [2.45, 2.75) is 0 Å². The molecular formula is C6H13N3. The molecule has 1 saturated heterocycles. The molecule has 0 saturated carbocycles. The lowest BCUT2D eigenvalue weighted by Crippen LogP contribution is -2.39. The maximum absolute atomic E-state index is 3.77. The van der Waals surface area contributed by atoms with Crippen molar-refractivity contribution in [3.8, 4) is 0 Å². The largest absolute Gasteiger partial charge is 0.371 e. The van der Waals surface area contributed by atoms with Crippen LogP contribution in [0.1, 0.15) is 0 Å². The Bertz CT molecular complexity index is 90.5. The number of hydrogen-bond acceptors (Lipinski definition) is 3. The van der Waals surface area contributed by atoms with Gasteiger partial charge in [-0.2, -0.15) is 0 Å². The zero-order valence-corrected chi connectivity index (χ0v) is 5.54. The van der Waals surface area contributed by atoms with Gasteiger partial charge in [-0.1, -0.05) is 6.58 Å².